The SMILES string of the molecule is CCc1nc2c(C)cc(C)nc2n1Cc1ccc(/C=C/CN2CCC(c3c[nH]c4ccccc34)CC2)cc1. The summed E-state index contributed by atoms with van der Waals surface area (Å²) < 4.78 is 2.28. The Morgan fingerprint density at radius 2 is 1.79 bits per heavy atom. The molecule has 0 unspecified atom stereocenters. The lowest BCUT2D eigenvalue weighted by Crippen LogP contribution is -2.32. The summed E-state index contributed by atoms with van der Waals surface area (Å²) >= 11 is 0. The summed E-state index contributed by atoms with van der Waals surface area (Å²) in [6.45, 7) is 10.5. The summed E-state index contributed by atoms with van der Waals surface area (Å²) in [7, 11) is 0. The molecule has 4 heterocycles. The molecule has 0 radical (unpaired) electrons. The van der Waals surface area contributed by atoms with Crippen LogP contribution in [-0.2, 0) is 13.0 Å². The molecule has 0 aliphatic carbocycles. The number of benzene rings is 2. The Balaban J connectivity index is 1.06. The molecule has 6 rings (SSSR count). The first-order valence-electron chi connectivity index (χ1n) is 14.0. The summed E-state index contributed by atoms with van der Waals surface area (Å²) in [6, 6.07) is 19.7. The number of piperidine rings is 1. The highest BCUT2D eigenvalue weighted by atomic mass is 15.1. The Labute approximate surface area is 225 Å². The molecule has 2 aromatic carbocycles. The number of H-pyrrole nitrogens is 1. The first kappa shape index (κ1) is 24.6. The highest BCUT2D eigenvalue weighted by molar-refractivity contribution is 5.83. The van der Waals surface area contributed by atoms with Crippen LogP contribution in [0.2, 0.25) is 0 Å². The van der Waals surface area contributed by atoms with Crippen molar-refractivity contribution >= 4 is 28.1 Å². The fourth-order valence-corrected chi connectivity index (χ4v) is 6.00. The minimum atomic E-state index is 0.655. The van der Waals surface area contributed by atoms with Crippen molar-refractivity contribution in [1.29, 1.82) is 0 Å². The number of para-hydroxylation sites is 1. The molecule has 0 spiro atoms. The predicted octanol–water partition coefficient (Wildman–Crippen LogP) is 7.03. The predicted molar refractivity (Wildman–Crippen MR) is 158 cm³/mol. The maximum absolute atomic E-state index is 4.89. The second-order valence-electron chi connectivity index (χ2n) is 10.7. The fourth-order valence-electron chi connectivity index (χ4n) is 6.00. The average Bonchev–Trinajstić information content (AvgIpc) is 3.52. The maximum atomic E-state index is 4.89. The Morgan fingerprint density at radius 3 is 2.58 bits per heavy atom. The molecule has 1 N–H and O–H groups in total. The van der Waals surface area contributed by atoms with Crippen LogP contribution in [0.5, 0.6) is 0 Å². The van der Waals surface area contributed by atoms with Gasteiger partial charge in [-0.25, -0.2) is 9.97 Å². The number of aromatic nitrogens is 4. The van der Waals surface area contributed by atoms with Crippen molar-refractivity contribution in [3.8, 4) is 0 Å². The van der Waals surface area contributed by atoms with Crippen LogP contribution in [0.25, 0.3) is 28.1 Å². The lowest BCUT2D eigenvalue weighted by molar-refractivity contribution is 0.233. The summed E-state index contributed by atoms with van der Waals surface area (Å²) in [5.41, 5.74) is 9.53. The molecule has 0 bridgehead atoms. The van der Waals surface area contributed by atoms with E-state index >= 15 is 0 Å². The van der Waals surface area contributed by atoms with Gasteiger partial charge in [-0.1, -0.05) is 61.5 Å². The second kappa shape index (κ2) is 10.6. The molecule has 1 aliphatic heterocycles. The number of hydrogen-bond acceptors (Lipinski definition) is 3. The monoisotopic (exact) mass is 503 g/mol. The number of pyridine rings is 1. The van der Waals surface area contributed by atoms with Crippen LogP contribution in [0, 0.1) is 13.8 Å². The Hall–Kier alpha value is -3.70. The highest BCUT2D eigenvalue weighted by Gasteiger charge is 2.22. The van der Waals surface area contributed by atoms with Gasteiger partial charge in [0.25, 0.3) is 0 Å². The van der Waals surface area contributed by atoms with Crippen molar-refractivity contribution in [2.45, 2.75) is 52.5 Å². The van der Waals surface area contributed by atoms with Gasteiger partial charge in [0.1, 0.15) is 11.3 Å². The zero-order valence-corrected chi connectivity index (χ0v) is 22.7. The minimum absolute atomic E-state index is 0.655. The molecule has 1 fully saturated rings. The van der Waals surface area contributed by atoms with Crippen molar-refractivity contribution in [3.05, 3.63) is 101 Å². The Morgan fingerprint density at radius 1 is 1.00 bits per heavy atom. The zero-order chi connectivity index (χ0) is 26.1. The molecule has 38 heavy (non-hydrogen) atoms. The molecule has 3 aromatic heterocycles. The van der Waals surface area contributed by atoms with E-state index in [2.05, 4.69) is 108 Å². The Bertz CT molecular complexity index is 1580. The van der Waals surface area contributed by atoms with E-state index in [0.717, 1.165) is 55.3 Å². The molecule has 0 amide bonds. The lowest BCUT2D eigenvalue weighted by atomic mass is 9.89. The zero-order valence-electron chi connectivity index (χ0n) is 22.7. The van der Waals surface area contributed by atoms with E-state index in [-0.39, 0.29) is 0 Å². The van der Waals surface area contributed by atoms with Crippen molar-refractivity contribution in [1.82, 2.24) is 24.4 Å². The van der Waals surface area contributed by atoms with Crippen molar-refractivity contribution < 1.29 is 0 Å². The van der Waals surface area contributed by atoms with E-state index < -0.39 is 0 Å². The Kier molecular flexibility index (Phi) is 6.86. The van der Waals surface area contributed by atoms with Gasteiger partial charge < -0.3 is 9.55 Å². The number of rotatable bonds is 7. The summed E-state index contributed by atoms with van der Waals surface area (Å²) in [6.07, 6.45) is 10.1. The van der Waals surface area contributed by atoms with Crippen molar-refractivity contribution in [2.24, 2.45) is 0 Å². The largest absolute Gasteiger partial charge is 0.361 e. The summed E-state index contributed by atoms with van der Waals surface area (Å²) in [5, 5.41) is 1.39. The molecule has 1 aliphatic rings. The standard InChI is InChI=1S/C33H37N5/c1-4-31-36-32-23(2)20-24(3)35-33(32)38(31)22-26-13-11-25(12-14-26)8-7-17-37-18-15-27(16-19-37)29-21-34-30-10-6-5-9-28(29)30/h5-14,20-21,27,34H,4,15-19,22H2,1-3H3/b8-7+. The van der Waals surface area contributed by atoms with Gasteiger partial charge in [-0.05, 0) is 80.1 Å². The third-order valence-corrected chi connectivity index (χ3v) is 8.06. The van der Waals surface area contributed by atoms with Gasteiger partial charge in [-0.15, -0.1) is 0 Å². The summed E-state index contributed by atoms with van der Waals surface area (Å²) in [5.74, 6) is 1.75. The molecular formula is C33H37N5. The molecule has 1 saturated heterocycles. The van der Waals surface area contributed by atoms with Gasteiger partial charge in [-0.2, -0.15) is 0 Å². The van der Waals surface area contributed by atoms with Crippen LogP contribution < -0.4 is 0 Å². The van der Waals surface area contributed by atoms with Gasteiger partial charge >= 0.3 is 0 Å². The quantitative estimate of drug-likeness (QED) is 0.259. The second-order valence-corrected chi connectivity index (χ2v) is 10.7. The van der Waals surface area contributed by atoms with Crippen molar-refractivity contribution in [2.75, 3.05) is 19.6 Å². The third kappa shape index (κ3) is 4.91. The van der Waals surface area contributed by atoms with Crippen LogP contribution in [-0.4, -0.2) is 44.1 Å². The van der Waals surface area contributed by atoms with Crippen LogP contribution in [0.3, 0.4) is 0 Å². The molecule has 0 saturated carbocycles. The van der Waals surface area contributed by atoms with Gasteiger partial charge in [0, 0.05) is 35.8 Å². The molecule has 5 aromatic rings. The number of nitrogens with zero attached hydrogens (tertiary/aromatic N) is 4. The van der Waals surface area contributed by atoms with Crippen LogP contribution in [0.1, 0.15) is 59.5 Å². The molecular weight excluding hydrogens is 466 g/mol. The van der Waals surface area contributed by atoms with E-state index in [1.54, 1.807) is 0 Å². The first-order chi connectivity index (χ1) is 18.6. The normalized spacial score (nSPS) is 15.3. The number of fused-ring (bicyclic) bond motifs is 2. The minimum Gasteiger partial charge on any atom is -0.361 e. The average molecular weight is 504 g/mol. The summed E-state index contributed by atoms with van der Waals surface area (Å²) in [4.78, 5) is 15.7. The van der Waals surface area contributed by atoms with Crippen LogP contribution in [0.4, 0.5) is 0 Å². The molecule has 5 heteroatoms. The number of likely N-dealkylation sites (tertiary alicyclic amines) is 1. The smallest absolute Gasteiger partial charge is 0.160 e. The highest BCUT2D eigenvalue weighted by Crippen LogP contribution is 2.33. The van der Waals surface area contributed by atoms with Gasteiger partial charge in [0.15, 0.2) is 5.65 Å². The molecule has 194 valence electrons. The molecule has 0 atom stereocenters. The van der Waals surface area contributed by atoms with E-state index in [1.165, 1.54) is 46.0 Å². The van der Waals surface area contributed by atoms with E-state index in [0.29, 0.717) is 5.92 Å². The van der Waals surface area contributed by atoms with E-state index in [4.69, 9.17) is 9.97 Å². The van der Waals surface area contributed by atoms with Gasteiger partial charge in [-0.3, -0.25) is 4.90 Å². The number of aromatic amines is 1. The number of imidazole rings is 1. The van der Waals surface area contributed by atoms with Gasteiger partial charge in [0.2, 0.25) is 0 Å². The van der Waals surface area contributed by atoms with Crippen LogP contribution in [0.15, 0.2) is 66.9 Å². The molecule has 5 nitrogen and oxygen atoms in total. The first-order valence-corrected chi connectivity index (χ1v) is 14.0. The van der Waals surface area contributed by atoms with E-state index in [1.807, 2.05) is 0 Å². The number of nitrogens with one attached hydrogen (secondary N) is 1. The lowest BCUT2D eigenvalue weighted by Gasteiger charge is -2.31. The van der Waals surface area contributed by atoms with E-state index in [9.17, 15) is 0 Å². The van der Waals surface area contributed by atoms with Gasteiger partial charge in [0.05, 0.1) is 6.54 Å². The topological polar surface area (TPSA) is 49.7 Å². The maximum Gasteiger partial charge on any atom is 0.160 e. The fraction of sp³-hybridized carbons (Fsp3) is 0.333. The number of aryl methyl sites for hydroxylation is 3. The van der Waals surface area contributed by atoms with Crippen molar-refractivity contribution in [3.63, 3.8) is 0 Å². The third-order valence-electron chi connectivity index (χ3n) is 8.06. The number of hydrogen-bond donors (Lipinski definition) is 1. The van der Waals surface area contributed by atoms with Crippen LogP contribution >= 0.6 is 0 Å².